The lowest BCUT2D eigenvalue weighted by Gasteiger charge is -2.15. The molecule has 0 rings (SSSR count). The summed E-state index contributed by atoms with van der Waals surface area (Å²) in [4.78, 5) is 24.2. The van der Waals surface area contributed by atoms with Gasteiger partial charge < -0.3 is 14.6 Å². The summed E-state index contributed by atoms with van der Waals surface area (Å²) in [6, 6.07) is 0. The van der Waals surface area contributed by atoms with Crippen LogP contribution in [0.15, 0.2) is 36.5 Å². The number of aliphatic hydroxyl groups is 1. The van der Waals surface area contributed by atoms with E-state index in [1.54, 1.807) is 0 Å². The van der Waals surface area contributed by atoms with Crippen LogP contribution in [0.2, 0.25) is 0 Å². The predicted octanol–water partition coefficient (Wildman–Crippen LogP) is 12.5. The number of hydrogen-bond acceptors (Lipinski definition) is 5. The van der Waals surface area contributed by atoms with Gasteiger partial charge in [-0.25, -0.2) is 0 Å². The number of hydrogen-bond donors (Lipinski definition) is 1. The topological polar surface area (TPSA) is 72.8 Å². The minimum Gasteiger partial charge on any atom is -0.462 e. The van der Waals surface area contributed by atoms with Crippen molar-refractivity contribution >= 4 is 11.9 Å². The second-order valence-corrected chi connectivity index (χ2v) is 13.4. The molecule has 0 aromatic carbocycles. The highest BCUT2D eigenvalue weighted by Crippen LogP contribution is 2.13. The van der Waals surface area contributed by atoms with Crippen molar-refractivity contribution < 1.29 is 24.2 Å². The van der Waals surface area contributed by atoms with Gasteiger partial charge in [0.25, 0.3) is 0 Å². The second-order valence-electron chi connectivity index (χ2n) is 13.4. The molecule has 0 aliphatic carbocycles. The molecule has 0 aliphatic rings. The van der Waals surface area contributed by atoms with Crippen LogP contribution in [-0.2, 0) is 19.1 Å². The Labute approximate surface area is 291 Å². The summed E-state index contributed by atoms with van der Waals surface area (Å²) in [5.74, 6) is -0.607. The number of allylic oxidation sites excluding steroid dienone is 6. The van der Waals surface area contributed by atoms with Gasteiger partial charge in [0.15, 0.2) is 6.10 Å². The zero-order valence-electron chi connectivity index (χ0n) is 31.0. The smallest absolute Gasteiger partial charge is 0.306 e. The van der Waals surface area contributed by atoms with E-state index in [4.69, 9.17) is 9.47 Å². The SMILES string of the molecule is CCCC/C=C\C/C=C\CCCCCCCC(=O)OC[C@H](CO)OC(=O)CCCCCCCCCCC/C=C\CCCCCCCC. The van der Waals surface area contributed by atoms with E-state index in [9.17, 15) is 14.7 Å². The van der Waals surface area contributed by atoms with Gasteiger partial charge in [-0.05, 0) is 64.2 Å². The number of rotatable bonds is 36. The van der Waals surface area contributed by atoms with Crippen LogP contribution in [0.3, 0.4) is 0 Å². The summed E-state index contributed by atoms with van der Waals surface area (Å²) in [7, 11) is 0. The third-order valence-corrected chi connectivity index (χ3v) is 8.66. The van der Waals surface area contributed by atoms with Gasteiger partial charge in [-0.15, -0.1) is 0 Å². The highest BCUT2D eigenvalue weighted by molar-refractivity contribution is 5.70. The van der Waals surface area contributed by atoms with Crippen LogP contribution in [0.4, 0.5) is 0 Å². The van der Waals surface area contributed by atoms with Gasteiger partial charge in [0.1, 0.15) is 6.61 Å². The van der Waals surface area contributed by atoms with Gasteiger partial charge in [0.2, 0.25) is 0 Å². The van der Waals surface area contributed by atoms with Crippen molar-refractivity contribution in [2.45, 2.75) is 206 Å². The molecular formula is C42H76O5. The Kier molecular flexibility index (Phi) is 37.0. The molecule has 274 valence electrons. The average Bonchev–Trinajstić information content (AvgIpc) is 3.07. The minimum atomic E-state index is -0.776. The predicted molar refractivity (Wildman–Crippen MR) is 201 cm³/mol. The third-order valence-electron chi connectivity index (χ3n) is 8.66. The van der Waals surface area contributed by atoms with E-state index in [0.717, 1.165) is 51.4 Å². The quantitative estimate of drug-likeness (QED) is 0.0411. The van der Waals surface area contributed by atoms with Crippen LogP contribution in [0, 0.1) is 0 Å². The maximum Gasteiger partial charge on any atom is 0.306 e. The van der Waals surface area contributed by atoms with Gasteiger partial charge in [-0.1, -0.05) is 159 Å². The fraction of sp³-hybridized carbons (Fsp3) is 0.810. The Morgan fingerprint density at radius 1 is 0.489 bits per heavy atom. The van der Waals surface area contributed by atoms with Crippen LogP contribution in [0.1, 0.15) is 200 Å². The first-order chi connectivity index (χ1) is 23.1. The van der Waals surface area contributed by atoms with E-state index in [1.165, 1.54) is 122 Å². The Morgan fingerprint density at radius 2 is 0.872 bits per heavy atom. The molecule has 0 aromatic rings. The number of esters is 2. The molecule has 47 heavy (non-hydrogen) atoms. The molecule has 0 saturated carbocycles. The Hall–Kier alpha value is -1.88. The fourth-order valence-corrected chi connectivity index (χ4v) is 5.56. The minimum absolute atomic E-state index is 0.0727. The second kappa shape index (κ2) is 38.6. The first-order valence-corrected chi connectivity index (χ1v) is 20.0. The molecule has 5 nitrogen and oxygen atoms in total. The maximum absolute atomic E-state index is 12.2. The molecule has 0 heterocycles. The zero-order chi connectivity index (χ0) is 34.3. The normalized spacial score (nSPS) is 12.5. The Morgan fingerprint density at radius 3 is 1.34 bits per heavy atom. The number of carbonyl (C=O) groups excluding carboxylic acids is 2. The molecule has 1 N–H and O–H groups in total. The van der Waals surface area contributed by atoms with Gasteiger partial charge in [-0.3, -0.25) is 9.59 Å². The van der Waals surface area contributed by atoms with Gasteiger partial charge >= 0.3 is 11.9 Å². The molecule has 0 bridgehead atoms. The van der Waals surface area contributed by atoms with Crippen molar-refractivity contribution in [1.82, 2.24) is 0 Å². The van der Waals surface area contributed by atoms with Crippen LogP contribution >= 0.6 is 0 Å². The zero-order valence-corrected chi connectivity index (χ0v) is 31.0. The van der Waals surface area contributed by atoms with E-state index in [1.807, 2.05) is 0 Å². The largest absolute Gasteiger partial charge is 0.462 e. The van der Waals surface area contributed by atoms with Crippen molar-refractivity contribution in [3.8, 4) is 0 Å². The van der Waals surface area contributed by atoms with Gasteiger partial charge in [0, 0.05) is 12.8 Å². The summed E-state index contributed by atoms with van der Waals surface area (Å²) in [5, 5.41) is 9.55. The molecule has 0 fully saturated rings. The fourth-order valence-electron chi connectivity index (χ4n) is 5.56. The lowest BCUT2D eigenvalue weighted by atomic mass is 10.1. The van der Waals surface area contributed by atoms with Crippen molar-refractivity contribution in [2.24, 2.45) is 0 Å². The van der Waals surface area contributed by atoms with E-state index < -0.39 is 6.10 Å². The standard InChI is InChI=1S/C42H76O5/c1-3-5-7-9-11-13-15-17-19-20-21-22-23-25-27-29-31-33-35-37-42(45)47-40(38-43)39-46-41(44)36-34-32-30-28-26-24-18-16-14-12-10-8-6-4-2/h10,12,16-19,40,43H,3-9,11,13-15,20-39H2,1-2H3/b12-10-,18-16-,19-17-/t40-/m0/s1. The molecule has 5 heteroatoms. The van der Waals surface area contributed by atoms with E-state index >= 15 is 0 Å². The highest BCUT2D eigenvalue weighted by Gasteiger charge is 2.16. The number of unbranched alkanes of at least 4 members (excludes halogenated alkanes) is 22. The van der Waals surface area contributed by atoms with Gasteiger partial charge in [0.05, 0.1) is 6.61 Å². The molecule has 0 saturated heterocycles. The number of aliphatic hydroxyl groups excluding tert-OH is 1. The van der Waals surface area contributed by atoms with E-state index in [-0.39, 0.29) is 25.2 Å². The van der Waals surface area contributed by atoms with Crippen molar-refractivity contribution in [1.29, 1.82) is 0 Å². The highest BCUT2D eigenvalue weighted by atomic mass is 16.6. The summed E-state index contributed by atoms with van der Waals surface area (Å²) in [5.41, 5.74) is 0. The van der Waals surface area contributed by atoms with E-state index in [2.05, 4.69) is 50.3 Å². The van der Waals surface area contributed by atoms with Crippen molar-refractivity contribution in [3.05, 3.63) is 36.5 Å². The monoisotopic (exact) mass is 661 g/mol. The average molecular weight is 661 g/mol. The third kappa shape index (κ3) is 36.8. The van der Waals surface area contributed by atoms with E-state index in [0.29, 0.717) is 12.8 Å². The number of carbonyl (C=O) groups is 2. The Bertz CT molecular complexity index is 756. The lowest BCUT2D eigenvalue weighted by Crippen LogP contribution is -2.28. The molecule has 0 amide bonds. The first-order valence-electron chi connectivity index (χ1n) is 20.0. The van der Waals surface area contributed by atoms with Crippen LogP contribution in [0.25, 0.3) is 0 Å². The molecular weight excluding hydrogens is 584 g/mol. The molecule has 0 spiro atoms. The Balaban J connectivity index is 3.55. The van der Waals surface area contributed by atoms with Crippen molar-refractivity contribution in [2.75, 3.05) is 13.2 Å². The molecule has 0 radical (unpaired) electrons. The summed E-state index contributed by atoms with van der Waals surface area (Å²) < 4.78 is 10.6. The molecule has 0 unspecified atom stereocenters. The van der Waals surface area contributed by atoms with Crippen LogP contribution in [0.5, 0.6) is 0 Å². The summed E-state index contributed by atoms with van der Waals surface area (Å²) >= 11 is 0. The number of ether oxygens (including phenoxy) is 2. The summed E-state index contributed by atoms with van der Waals surface area (Å²) in [6.45, 7) is 4.08. The summed E-state index contributed by atoms with van der Waals surface area (Å²) in [6.07, 6.45) is 46.3. The van der Waals surface area contributed by atoms with Crippen LogP contribution in [-0.4, -0.2) is 36.4 Å². The van der Waals surface area contributed by atoms with Crippen LogP contribution < -0.4 is 0 Å². The first kappa shape index (κ1) is 45.1. The lowest BCUT2D eigenvalue weighted by molar-refractivity contribution is -0.161. The maximum atomic E-state index is 12.2. The molecule has 0 aliphatic heterocycles. The molecule has 0 aromatic heterocycles. The van der Waals surface area contributed by atoms with Crippen molar-refractivity contribution in [3.63, 3.8) is 0 Å². The van der Waals surface area contributed by atoms with Gasteiger partial charge in [-0.2, -0.15) is 0 Å². The molecule has 1 atom stereocenters.